The van der Waals surface area contributed by atoms with Gasteiger partial charge in [-0.15, -0.1) is 0 Å². The number of carbonyl (C=O) groups excluding carboxylic acids is 1. The van der Waals surface area contributed by atoms with E-state index in [-0.39, 0.29) is 17.7 Å². The number of rotatable bonds is 4. The van der Waals surface area contributed by atoms with Gasteiger partial charge < -0.3 is 0 Å². The molecule has 0 aromatic carbocycles. The van der Waals surface area contributed by atoms with Crippen LogP contribution in [0.4, 0.5) is 0 Å². The van der Waals surface area contributed by atoms with Crippen LogP contribution in [0.2, 0.25) is 0 Å². The number of hydrogen-bond acceptors (Lipinski definition) is 2. The Hall–Kier alpha value is -0.640. The standard InChI is InChI=1S/C16H25BrN2O/c1-10(2)12-5-7-13(8-6-12)16(20)15-14(17)9-18-19(15)11(3)4/h9-13H,5-8H2,1-4H3. The monoisotopic (exact) mass is 340 g/mol. The first kappa shape index (κ1) is 15.7. The van der Waals surface area contributed by atoms with Crippen LogP contribution in [-0.4, -0.2) is 15.6 Å². The van der Waals surface area contributed by atoms with Crippen LogP contribution >= 0.6 is 15.9 Å². The smallest absolute Gasteiger partial charge is 0.185 e. The Bertz CT molecular complexity index is 471. The molecule has 20 heavy (non-hydrogen) atoms. The minimum absolute atomic E-state index is 0.176. The normalized spacial score (nSPS) is 23.6. The first-order chi connectivity index (χ1) is 9.41. The summed E-state index contributed by atoms with van der Waals surface area (Å²) in [5.74, 6) is 1.97. The number of nitrogens with zero attached hydrogens (tertiary/aromatic N) is 2. The van der Waals surface area contributed by atoms with Crippen LogP contribution in [0.1, 0.15) is 69.9 Å². The van der Waals surface area contributed by atoms with Crippen molar-refractivity contribution in [2.45, 2.75) is 59.4 Å². The lowest BCUT2D eigenvalue weighted by atomic mass is 9.75. The molecule has 0 N–H and O–H groups in total. The maximum atomic E-state index is 12.8. The molecule has 0 amide bonds. The second-order valence-electron chi connectivity index (χ2n) is 6.60. The molecule has 0 unspecified atom stereocenters. The van der Waals surface area contributed by atoms with Gasteiger partial charge in [-0.1, -0.05) is 13.8 Å². The van der Waals surface area contributed by atoms with Gasteiger partial charge in [0.05, 0.1) is 10.7 Å². The highest BCUT2D eigenvalue weighted by atomic mass is 79.9. The van der Waals surface area contributed by atoms with E-state index >= 15 is 0 Å². The molecule has 1 aliphatic carbocycles. The molecule has 0 atom stereocenters. The lowest BCUT2D eigenvalue weighted by molar-refractivity contribution is 0.0845. The third-order valence-corrected chi connectivity index (χ3v) is 5.14. The fourth-order valence-corrected chi connectivity index (χ4v) is 3.67. The Morgan fingerprint density at radius 3 is 2.35 bits per heavy atom. The summed E-state index contributed by atoms with van der Waals surface area (Å²) >= 11 is 3.48. The summed E-state index contributed by atoms with van der Waals surface area (Å²) in [6, 6.07) is 0.215. The molecule has 0 spiro atoms. The lowest BCUT2D eigenvalue weighted by Crippen LogP contribution is -2.26. The molecule has 0 aliphatic heterocycles. The predicted octanol–water partition coefficient (Wildman–Crippen LogP) is 4.87. The van der Waals surface area contributed by atoms with Gasteiger partial charge >= 0.3 is 0 Å². The highest BCUT2D eigenvalue weighted by Gasteiger charge is 2.31. The topological polar surface area (TPSA) is 34.9 Å². The summed E-state index contributed by atoms with van der Waals surface area (Å²) in [7, 11) is 0. The van der Waals surface area contributed by atoms with E-state index in [0.29, 0.717) is 0 Å². The molecule has 1 fully saturated rings. The van der Waals surface area contributed by atoms with Gasteiger partial charge in [-0.25, -0.2) is 0 Å². The van der Waals surface area contributed by atoms with Crippen LogP contribution in [0, 0.1) is 17.8 Å². The van der Waals surface area contributed by atoms with Crippen molar-refractivity contribution in [3.05, 3.63) is 16.4 Å². The summed E-state index contributed by atoms with van der Waals surface area (Å²) < 4.78 is 2.68. The molecule has 0 saturated heterocycles. The Morgan fingerprint density at radius 1 is 1.25 bits per heavy atom. The lowest BCUT2D eigenvalue weighted by Gasteiger charge is -2.30. The van der Waals surface area contributed by atoms with Crippen molar-refractivity contribution < 1.29 is 4.79 Å². The average molecular weight is 341 g/mol. The zero-order chi connectivity index (χ0) is 14.9. The van der Waals surface area contributed by atoms with Gasteiger partial charge in [-0.2, -0.15) is 5.10 Å². The molecular weight excluding hydrogens is 316 g/mol. The van der Waals surface area contributed by atoms with Gasteiger partial charge in [0.25, 0.3) is 0 Å². The van der Waals surface area contributed by atoms with Crippen LogP contribution in [0.25, 0.3) is 0 Å². The fourth-order valence-electron chi connectivity index (χ4n) is 3.20. The number of hydrogen-bond donors (Lipinski definition) is 0. The molecule has 0 radical (unpaired) electrons. The third kappa shape index (κ3) is 3.16. The first-order valence-electron chi connectivity index (χ1n) is 7.69. The highest BCUT2D eigenvalue weighted by Crippen LogP contribution is 2.36. The van der Waals surface area contributed by atoms with Gasteiger partial charge in [0.2, 0.25) is 0 Å². The minimum Gasteiger partial charge on any atom is -0.292 e. The zero-order valence-corrected chi connectivity index (χ0v) is 14.5. The fraction of sp³-hybridized carbons (Fsp3) is 0.750. The molecule has 1 aromatic heterocycles. The third-order valence-electron chi connectivity index (χ3n) is 4.56. The number of halogens is 1. The van der Waals surface area contributed by atoms with E-state index in [9.17, 15) is 4.79 Å². The Kier molecular flexibility index (Phi) is 5.05. The maximum absolute atomic E-state index is 12.8. The van der Waals surface area contributed by atoms with E-state index in [4.69, 9.17) is 0 Å². The van der Waals surface area contributed by atoms with E-state index in [1.807, 2.05) is 4.68 Å². The molecule has 4 heteroatoms. The van der Waals surface area contributed by atoms with Crippen molar-refractivity contribution in [2.24, 2.45) is 17.8 Å². The van der Waals surface area contributed by atoms with E-state index in [2.05, 4.69) is 48.7 Å². The number of aromatic nitrogens is 2. The summed E-state index contributed by atoms with van der Waals surface area (Å²) in [6.45, 7) is 8.70. The Morgan fingerprint density at radius 2 is 1.85 bits per heavy atom. The van der Waals surface area contributed by atoms with Crippen LogP contribution in [-0.2, 0) is 0 Å². The molecule has 1 heterocycles. The average Bonchev–Trinajstić information content (AvgIpc) is 2.80. The van der Waals surface area contributed by atoms with E-state index in [1.54, 1.807) is 6.20 Å². The maximum Gasteiger partial charge on any atom is 0.185 e. The summed E-state index contributed by atoms with van der Waals surface area (Å²) in [4.78, 5) is 12.8. The van der Waals surface area contributed by atoms with Crippen molar-refractivity contribution in [3.8, 4) is 0 Å². The highest BCUT2D eigenvalue weighted by molar-refractivity contribution is 9.10. The van der Waals surface area contributed by atoms with Crippen LogP contribution in [0.5, 0.6) is 0 Å². The largest absolute Gasteiger partial charge is 0.292 e. The summed E-state index contributed by atoms with van der Waals surface area (Å²) in [5.41, 5.74) is 0.757. The van der Waals surface area contributed by atoms with Crippen molar-refractivity contribution in [3.63, 3.8) is 0 Å². The quantitative estimate of drug-likeness (QED) is 0.732. The molecule has 0 bridgehead atoms. The molecule has 1 aromatic rings. The van der Waals surface area contributed by atoms with Crippen molar-refractivity contribution >= 4 is 21.7 Å². The second kappa shape index (κ2) is 6.42. The van der Waals surface area contributed by atoms with Crippen molar-refractivity contribution in [1.82, 2.24) is 9.78 Å². The van der Waals surface area contributed by atoms with Gasteiger partial charge in [-0.05, 0) is 67.3 Å². The van der Waals surface area contributed by atoms with Crippen LogP contribution in [0.3, 0.4) is 0 Å². The van der Waals surface area contributed by atoms with E-state index in [1.165, 1.54) is 12.8 Å². The van der Waals surface area contributed by atoms with Crippen LogP contribution < -0.4 is 0 Å². The second-order valence-corrected chi connectivity index (χ2v) is 7.45. The van der Waals surface area contributed by atoms with Gasteiger partial charge in [-0.3, -0.25) is 9.48 Å². The minimum atomic E-state index is 0.176. The number of ketones is 1. The van der Waals surface area contributed by atoms with Crippen LogP contribution in [0.15, 0.2) is 10.7 Å². The molecular formula is C16H25BrN2O. The Balaban J connectivity index is 2.11. The Labute approximate surface area is 130 Å². The van der Waals surface area contributed by atoms with Gasteiger partial charge in [0.1, 0.15) is 5.69 Å². The van der Waals surface area contributed by atoms with Gasteiger partial charge in [0.15, 0.2) is 5.78 Å². The number of Topliss-reactive ketones (excluding diaryl/α,β-unsaturated/α-hetero) is 1. The predicted molar refractivity (Wildman–Crippen MR) is 84.9 cm³/mol. The SMILES string of the molecule is CC(C)C1CCC(C(=O)c2c(Br)cnn2C(C)C)CC1. The van der Waals surface area contributed by atoms with E-state index in [0.717, 1.165) is 34.8 Å². The number of carbonyl (C=O) groups is 1. The molecule has 2 rings (SSSR count). The molecule has 3 nitrogen and oxygen atoms in total. The molecule has 112 valence electrons. The van der Waals surface area contributed by atoms with Gasteiger partial charge in [0, 0.05) is 12.0 Å². The molecule has 1 aliphatic rings. The summed E-state index contributed by atoms with van der Waals surface area (Å²) in [6.07, 6.45) is 6.16. The van der Waals surface area contributed by atoms with Crippen molar-refractivity contribution in [1.29, 1.82) is 0 Å². The van der Waals surface area contributed by atoms with Crippen molar-refractivity contribution in [2.75, 3.05) is 0 Å². The molecule has 1 saturated carbocycles. The first-order valence-corrected chi connectivity index (χ1v) is 8.48. The van der Waals surface area contributed by atoms with E-state index < -0.39 is 0 Å². The summed E-state index contributed by atoms with van der Waals surface area (Å²) in [5, 5.41) is 4.32. The zero-order valence-electron chi connectivity index (χ0n) is 12.9.